The van der Waals surface area contributed by atoms with Gasteiger partial charge in [0, 0.05) is 31.2 Å². The summed E-state index contributed by atoms with van der Waals surface area (Å²) in [6, 6.07) is -0.831. The molecule has 2 saturated heterocycles. The van der Waals surface area contributed by atoms with Crippen molar-refractivity contribution in [2.45, 2.75) is 88.3 Å². The maximum absolute atomic E-state index is 15.9. The Morgan fingerprint density at radius 3 is 2.80 bits per heavy atom. The van der Waals surface area contributed by atoms with Gasteiger partial charge in [0.15, 0.2) is 0 Å². The molecule has 6 nitrogen and oxygen atoms in total. The molecule has 0 aromatic rings. The summed E-state index contributed by atoms with van der Waals surface area (Å²) in [6.45, 7) is 3.13. The van der Waals surface area contributed by atoms with Crippen LogP contribution < -0.4 is 26.6 Å². The van der Waals surface area contributed by atoms with Gasteiger partial charge in [-0.3, -0.25) is 16.0 Å². The van der Waals surface area contributed by atoms with Crippen LogP contribution in [0.4, 0.5) is 13.2 Å². The zero-order valence-corrected chi connectivity index (χ0v) is 17.8. The first kappa shape index (κ1) is 22.5. The molecule has 0 bridgehead atoms. The zero-order chi connectivity index (χ0) is 21.3. The molecule has 30 heavy (non-hydrogen) atoms. The summed E-state index contributed by atoms with van der Waals surface area (Å²) in [7, 11) is 1.92. The molecule has 4 aliphatic rings. The molecule has 172 valence electrons. The lowest BCUT2D eigenvalue weighted by molar-refractivity contribution is -0.0264. The van der Waals surface area contributed by atoms with Gasteiger partial charge in [0.05, 0.1) is 18.3 Å². The average molecular weight is 432 g/mol. The number of fused-ring (bicyclic) bond motifs is 1. The Morgan fingerprint density at radius 2 is 2.03 bits per heavy atom. The minimum Gasteiger partial charge on any atom is -0.377 e. The molecule has 9 atom stereocenters. The topological polar surface area (TPSA) is 69.4 Å². The molecule has 0 spiro atoms. The Labute approximate surface area is 177 Å². The predicted molar refractivity (Wildman–Crippen MR) is 110 cm³/mol. The Balaban J connectivity index is 1.47. The number of nitrogens with one attached hydrogen (secondary N) is 5. The Morgan fingerprint density at radius 1 is 1.20 bits per heavy atom. The fourth-order valence-electron chi connectivity index (χ4n) is 5.69. The maximum atomic E-state index is 15.9. The van der Waals surface area contributed by atoms with Crippen LogP contribution >= 0.6 is 0 Å². The van der Waals surface area contributed by atoms with Gasteiger partial charge in [-0.25, -0.2) is 13.2 Å². The normalized spacial score (nSPS) is 45.1. The van der Waals surface area contributed by atoms with Crippen LogP contribution in [0.1, 0.15) is 39.0 Å². The molecule has 0 radical (unpaired) electrons. The molecule has 4 rings (SSSR count). The molecule has 9 heteroatoms. The highest BCUT2D eigenvalue weighted by atomic mass is 19.3. The number of rotatable bonds is 5. The van der Waals surface area contributed by atoms with Gasteiger partial charge >= 0.3 is 0 Å². The lowest BCUT2D eigenvalue weighted by Crippen LogP contribution is -2.69. The molecule has 0 aromatic heterocycles. The second kappa shape index (κ2) is 9.83. The van der Waals surface area contributed by atoms with E-state index in [2.05, 4.69) is 33.5 Å². The van der Waals surface area contributed by atoms with E-state index in [0.717, 1.165) is 24.8 Å². The molecular formula is C21H36F3N5O. The van der Waals surface area contributed by atoms with Gasteiger partial charge in [-0.1, -0.05) is 11.6 Å². The molecule has 8 unspecified atom stereocenters. The van der Waals surface area contributed by atoms with E-state index in [1.807, 2.05) is 13.1 Å². The minimum absolute atomic E-state index is 0.149. The highest BCUT2D eigenvalue weighted by Gasteiger charge is 2.50. The molecule has 5 N–H and O–H groups in total. The van der Waals surface area contributed by atoms with Crippen LogP contribution in [-0.4, -0.2) is 69.5 Å². The van der Waals surface area contributed by atoms with Crippen molar-refractivity contribution >= 4 is 0 Å². The van der Waals surface area contributed by atoms with Gasteiger partial charge in [-0.2, -0.15) is 0 Å². The summed E-state index contributed by atoms with van der Waals surface area (Å²) in [5, 5.41) is 16.5. The molecule has 3 heterocycles. The zero-order valence-electron chi connectivity index (χ0n) is 17.8. The summed E-state index contributed by atoms with van der Waals surface area (Å²) in [6.07, 6.45) is 1.67. The predicted octanol–water partition coefficient (Wildman–Crippen LogP) is 1.45. The van der Waals surface area contributed by atoms with Crippen molar-refractivity contribution in [2.24, 2.45) is 11.8 Å². The summed E-state index contributed by atoms with van der Waals surface area (Å²) >= 11 is 0. The molecule has 1 aliphatic carbocycles. The van der Waals surface area contributed by atoms with E-state index >= 15 is 4.39 Å². The van der Waals surface area contributed by atoms with Crippen molar-refractivity contribution in [3.05, 3.63) is 11.6 Å². The molecule has 1 saturated carbocycles. The van der Waals surface area contributed by atoms with Crippen LogP contribution in [0.25, 0.3) is 0 Å². The average Bonchev–Trinajstić information content (AvgIpc) is 3.02. The van der Waals surface area contributed by atoms with E-state index in [9.17, 15) is 8.78 Å². The smallest absolute Gasteiger partial charge is 0.253 e. The van der Waals surface area contributed by atoms with Crippen LogP contribution in [0.15, 0.2) is 11.6 Å². The van der Waals surface area contributed by atoms with Crippen molar-refractivity contribution < 1.29 is 17.9 Å². The molecule has 0 amide bonds. The monoisotopic (exact) mass is 431 g/mol. The van der Waals surface area contributed by atoms with Gasteiger partial charge in [0.1, 0.15) is 12.5 Å². The number of hydrogen-bond acceptors (Lipinski definition) is 6. The number of halogens is 3. The summed E-state index contributed by atoms with van der Waals surface area (Å²) in [4.78, 5) is 0. The fourth-order valence-corrected chi connectivity index (χ4v) is 5.69. The summed E-state index contributed by atoms with van der Waals surface area (Å²) in [5.74, 6) is -0.0771. The van der Waals surface area contributed by atoms with E-state index in [1.54, 1.807) is 0 Å². The number of hydrogen-bond donors (Lipinski definition) is 5. The molecule has 0 aromatic carbocycles. The summed E-state index contributed by atoms with van der Waals surface area (Å²) in [5.41, 5.74) is 0.938. The van der Waals surface area contributed by atoms with E-state index in [4.69, 9.17) is 4.74 Å². The van der Waals surface area contributed by atoms with E-state index in [1.165, 1.54) is 0 Å². The highest BCUT2D eigenvalue weighted by molar-refractivity contribution is 5.19. The second-order valence-electron chi connectivity index (χ2n) is 9.27. The largest absolute Gasteiger partial charge is 0.377 e. The van der Waals surface area contributed by atoms with Crippen LogP contribution in [0.5, 0.6) is 0 Å². The molecule has 3 aliphatic heterocycles. The fraction of sp³-hybridized carbons (Fsp3) is 0.905. The Kier molecular flexibility index (Phi) is 7.37. The third-order valence-corrected chi connectivity index (χ3v) is 7.26. The van der Waals surface area contributed by atoms with Crippen molar-refractivity contribution in [2.75, 3.05) is 20.2 Å². The third kappa shape index (κ3) is 4.86. The van der Waals surface area contributed by atoms with Crippen LogP contribution in [-0.2, 0) is 4.74 Å². The third-order valence-electron chi connectivity index (χ3n) is 7.26. The summed E-state index contributed by atoms with van der Waals surface area (Å²) < 4.78 is 48.2. The van der Waals surface area contributed by atoms with Gasteiger partial charge < -0.3 is 15.4 Å². The van der Waals surface area contributed by atoms with Crippen molar-refractivity contribution in [3.63, 3.8) is 0 Å². The first-order valence-electron chi connectivity index (χ1n) is 11.4. The molecule has 3 fully saturated rings. The van der Waals surface area contributed by atoms with Gasteiger partial charge in [-0.05, 0) is 52.0 Å². The van der Waals surface area contributed by atoms with Gasteiger partial charge in [0.25, 0.3) is 6.43 Å². The molecular weight excluding hydrogens is 395 g/mol. The van der Waals surface area contributed by atoms with Crippen LogP contribution in [0, 0.1) is 11.8 Å². The second-order valence-corrected chi connectivity index (χ2v) is 9.27. The standard InChI is InChI=1S/C21H36F3N5O/c1-11-9-16(25-2)29-21(27-11)28-15-10-13-6-8-30-19(13)17(18(15)22)12-3-4-14(20(23)24)26-7-5-12/h5,11,13-21,25-29H,3-4,6-10H2,1-2H3/t11?,13?,14-,15?,16?,17?,18?,19?,21?/m1/s1. The minimum atomic E-state index is -2.40. The van der Waals surface area contributed by atoms with Gasteiger partial charge in [-0.15, -0.1) is 0 Å². The SMILES string of the molecule is CNC1CC(C)NC(NC2CC3CCOC3C(C3=CCN[C@@H](C(F)F)CC3)C2F)N1. The lowest BCUT2D eigenvalue weighted by atomic mass is 9.70. The first-order valence-corrected chi connectivity index (χ1v) is 11.4. The first-order chi connectivity index (χ1) is 14.5. The lowest BCUT2D eigenvalue weighted by Gasteiger charge is -2.45. The maximum Gasteiger partial charge on any atom is 0.253 e. The quantitative estimate of drug-likeness (QED) is 0.425. The van der Waals surface area contributed by atoms with E-state index < -0.39 is 18.6 Å². The van der Waals surface area contributed by atoms with E-state index in [-0.39, 0.29) is 30.5 Å². The Hall–Kier alpha value is -0.710. The highest BCUT2D eigenvalue weighted by Crippen LogP contribution is 2.44. The van der Waals surface area contributed by atoms with E-state index in [0.29, 0.717) is 38.0 Å². The van der Waals surface area contributed by atoms with Crippen molar-refractivity contribution in [1.82, 2.24) is 26.6 Å². The number of alkyl halides is 3. The van der Waals surface area contributed by atoms with Crippen LogP contribution in [0.2, 0.25) is 0 Å². The van der Waals surface area contributed by atoms with Gasteiger partial charge in [0.2, 0.25) is 0 Å². The Bertz CT molecular complexity index is 609. The van der Waals surface area contributed by atoms with Crippen molar-refractivity contribution in [1.29, 1.82) is 0 Å². The number of ether oxygens (including phenoxy) is 1. The van der Waals surface area contributed by atoms with Crippen molar-refractivity contribution in [3.8, 4) is 0 Å². The van der Waals surface area contributed by atoms with Crippen LogP contribution in [0.3, 0.4) is 0 Å².